The predicted octanol–water partition coefficient (Wildman–Crippen LogP) is 13.4. The van der Waals surface area contributed by atoms with Crippen LogP contribution in [0.3, 0.4) is 0 Å². The van der Waals surface area contributed by atoms with Gasteiger partial charge in [0.15, 0.2) is 0 Å². The van der Waals surface area contributed by atoms with E-state index in [9.17, 15) is 0 Å². The second-order valence-corrected chi connectivity index (χ2v) is 13.6. The molecule has 0 fully saturated rings. The van der Waals surface area contributed by atoms with E-state index in [1.807, 2.05) is 11.3 Å². The van der Waals surface area contributed by atoms with E-state index >= 15 is 0 Å². The first-order valence-electron chi connectivity index (χ1n) is 16.7. The van der Waals surface area contributed by atoms with Crippen molar-refractivity contribution in [2.45, 2.75) is 0 Å². The van der Waals surface area contributed by atoms with E-state index in [-0.39, 0.29) is 0 Å². The van der Waals surface area contributed by atoms with Gasteiger partial charge in [0.1, 0.15) is 0 Å². The number of hydrogen-bond donors (Lipinski definition) is 0. The monoisotopic (exact) mass is 642 g/mol. The molecule has 0 aliphatic heterocycles. The van der Waals surface area contributed by atoms with E-state index in [0.717, 1.165) is 22.7 Å². The van der Waals surface area contributed by atoms with E-state index in [1.54, 1.807) is 0 Å². The van der Waals surface area contributed by atoms with E-state index in [2.05, 4.69) is 191 Å². The number of rotatable bonds is 5. The second-order valence-electron chi connectivity index (χ2n) is 12.5. The summed E-state index contributed by atoms with van der Waals surface area (Å²) in [5.41, 5.74) is 9.37. The Morgan fingerprint density at radius 1 is 0.429 bits per heavy atom. The molecule has 10 aromatic rings. The summed E-state index contributed by atoms with van der Waals surface area (Å²) >= 11 is 1.86. The van der Waals surface area contributed by atoms with E-state index in [0.29, 0.717) is 0 Å². The van der Waals surface area contributed by atoms with Gasteiger partial charge < -0.3 is 9.47 Å². The number of hydrogen-bond acceptors (Lipinski definition) is 2. The maximum atomic E-state index is 2.43. The molecule has 0 radical (unpaired) electrons. The highest BCUT2D eigenvalue weighted by Gasteiger charge is 2.20. The number of benzene rings is 8. The van der Waals surface area contributed by atoms with Gasteiger partial charge >= 0.3 is 0 Å². The first-order valence-corrected chi connectivity index (χ1v) is 17.5. The van der Waals surface area contributed by atoms with Gasteiger partial charge in [0, 0.05) is 59.0 Å². The molecule has 10 rings (SSSR count). The topological polar surface area (TPSA) is 8.17 Å². The zero-order valence-corrected chi connectivity index (χ0v) is 27.4. The van der Waals surface area contributed by atoms with Gasteiger partial charge in [-0.2, -0.15) is 0 Å². The molecular weight excluding hydrogens is 613 g/mol. The molecule has 2 heterocycles. The van der Waals surface area contributed by atoms with Gasteiger partial charge in [-0.1, -0.05) is 127 Å². The molecule has 8 aromatic carbocycles. The van der Waals surface area contributed by atoms with Crippen LogP contribution in [0.5, 0.6) is 0 Å². The fourth-order valence-electron chi connectivity index (χ4n) is 7.56. The molecule has 49 heavy (non-hydrogen) atoms. The zero-order valence-electron chi connectivity index (χ0n) is 26.6. The lowest BCUT2D eigenvalue weighted by Gasteiger charge is -2.28. The molecule has 0 amide bonds. The fraction of sp³-hybridized carbons (Fsp3) is 0. The molecule has 0 N–H and O–H groups in total. The minimum absolute atomic E-state index is 1.11. The van der Waals surface area contributed by atoms with Crippen LogP contribution in [-0.2, 0) is 0 Å². The van der Waals surface area contributed by atoms with Crippen LogP contribution in [-0.4, -0.2) is 4.57 Å². The molecule has 0 spiro atoms. The summed E-state index contributed by atoms with van der Waals surface area (Å²) < 4.78 is 5.03. The van der Waals surface area contributed by atoms with Crippen molar-refractivity contribution in [2.75, 3.05) is 4.90 Å². The fourth-order valence-corrected chi connectivity index (χ4v) is 8.70. The third-order valence-electron chi connectivity index (χ3n) is 9.78. The van der Waals surface area contributed by atoms with E-state index < -0.39 is 0 Å². The lowest BCUT2D eigenvalue weighted by molar-refractivity contribution is 1.18. The lowest BCUT2D eigenvalue weighted by Crippen LogP contribution is -2.11. The molecule has 0 bridgehead atoms. The Balaban J connectivity index is 1.19. The summed E-state index contributed by atoms with van der Waals surface area (Å²) in [4.78, 5) is 2.41. The van der Waals surface area contributed by atoms with Crippen LogP contribution in [0.1, 0.15) is 0 Å². The highest BCUT2D eigenvalue weighted by Crippen LogP contribution is 2.44. The largest absolute Gasteiger partial charge is 0.310 e. The number of fused-ring (bicyclic) bond motifs is 8. The minimum Gasteiger partial charge on any atom is -0.310 e. The molecule has 2 aromatic heterocycles. The quantitative estimate of drug-likeness (QED) is 0.181. The number of para-hydroxylation sites is 2. The summed E-state index contributed by atoms with van der Waals surface area (Å²) in [6.07, 6.45) is 0. The molecule has 0 saturated heterocycles. The van der Waals surface area contributed by atoms with Gasteiger partial charge in [0.25, 0.3) is 0 Å². The van der Waals surface area contributed by atoms with Crippen molar-refractivity contribution >= 4 is 81.1 Å². The average molecular weight is 643 g/mol. The van der Waals surface area contributed by atoms with E-state index in [4.69, 9.17) is 0 Å². The van der Waals surface area contributed by atoms with Gasteiger partial charge in [0.05, 0.1) is 16.7 Å². The Bertz CT molecular complexity index is 2830. The Hall–Kier alpha value is -6.16. The highest BCUT2D eigenvalue weighted by molar-refractivity contribution is 7.25. The smallest absolute Gasteiger partial charge is 0.0619 e. The van der Waals surface area contributed by atoms with Gasteiger partial charge in [-0.15, -0.1) is 11.3 Å². The van der Waals surface area contributed by atoms with Crippen molar-refractivity contribution in [3.8, 4) is 16.8 Å². The average Bonchev–Trinajstić information content (AvgIpc) is 3.72. The van der Waals surface area contributed by atoms with Crippen molar-refractivity contribution in [1.82, 2.24) is 4.57 Å². The lowest BCUT2D eigenvalue weighted by atomic mass is 10.0. The Morgan fingerprint density at radius 2 is 1.08 bits per heavy atom. The number of anilines is 3. The van der Waals surface area contributed by atoms with Crippen LogP contribution in [0, 0.1) is 0 Å². The highest BCUT2D eigenvalue weighted by atomic mass is 32.1. The Morgan fingerprint density at radius 3 is 1.96 bits per heavy atom. The predicted molar refractivity (Wildman–Crippen MR) is 211 cm³/mol. The SMILES string of the molecule is c1ccc(-c2ccccc2N(c2ccc(-n3c4ccccc4c4ccc5ccccc5c43)cc2)c2ccc3c(c2)sc2ccccc23)cc1. The van der Waals surface area contributed by atoms with Gasteiger partial charge in [-0.3, -0.25) is 0 Å². The second kappa shape index (κ2) is 11.2. The summed E-state index contributed by atoms with van der Waals surface area (Å²) in [5.74, 6) is 0. The Kier molecular flexibility index (Phi) is 6.39. The standard InChI is InChI=1S/C46H30N2S/c1-2-12-31(13-3-1)36-15-6-9-19-42(36)47(35-27-29-40-39-18-8-11-21-44(39)49-45(40)30-35)33-23-25-34(26-24-33)48-43-20-10-7-17-38(43)41-28-22-32-14-4-5-16-37(32)46(41)48/h1-30H. The van der Waals surface area contributed by atoms with Gasteiger partial charge in [0.2, 0.25) is 0 Å². The molecule has 0 atom stereocenters. The van der Waals surface area contributed by atoms with Crippen LogP contribution < -0.4 is 4.90 Å². The molecule has 230 valence electrons. The third kappa shape index (κ3) is 4.47. The molecule has 0 saturated carbocycles. The number of nitrogens with zero attached hydrogens (tertiary/aromatic N) is 2. The summed E-state index contributed by atoms with van der Waals surface area (Å²) in [5, 5.41) is 7.66. The van der Waals surface area contributed by atoms with Crippen LogP contribution in [0.15, 0.2) is 182 Å². The van der Waals surface area contributed by atoms with Gasteiger partial charge in [-0.05, 0) is 65.5 Å². The first-order chi connectivity index (χ1) is 24.3. The van der Waals surface area contributed by atoms with Crippen LogP contribution in [0.25, 0.3) is 69.6 Å². The first kappa shape index (κ1) is 27.9. The minimum atomic E-state index is 1.11. The molecule has 3 heteroatoms. The van der Waals surface area contributed by atoms with Crippen molar-refractivity contribution < 1.29 is 0 Å². The van der Waals surface area contributed by atoms with Crippen molar-refractivity contribution in [3.05, 3.63) is 182 Å². The van der Waals surface area contributed by atoms with Crippen LogP contribution in [0.4, 0.5) is 17.1 Å². The Labute approximate surface area is 288 Å². The maximum absolute atomic E-state index is 2.43. The summed E-state index contributed by atoms with van der Waals surface area (Å²) in [7, 11) is 0. The maximum Gasteiger partial charge on any atom is 0.0619 e. The summed E-state index contributed by atoms with van der Waals surface area (Å²) in [6.45, 7) is 0. The molecule has 0 aliphatic carbocycles. The third-order valence-corrected chi connectivity index (χ3v) is 10.9. The van der Waals surface area contributed by atoms with Gasteiger partial charge in [-0.25, -0.2) is 0 Å². The number of thiophene rings is 1. The van der Waals surface area contributed by atoms with Crippen molar-refractivity contribution in [3.63, 3.8) is 0 Å². The molecule has 0 unspecified atom stereocenters. The van der Waals surface area contributed by atoms with Crippen LogP contribution in [0.2, 0.25) is 0 Å². The zero-order chi connectivity index (χ0) is 32.3. The summed E-state index contributed by atoms with van der Waals surface area (Å²) in [6, 6.07) is 66.2. The molecule has 0 aliphatic rings. The molecular formula is C46H30N2S. The normalized spacial score (nSPS) is 11.7. The molecule has 2 nitrogen and oxygen atoms in total. The van der Waals surface area contributed by atoms with Crippen LogP contribution >= 0.6 is 11.3 Å². The van der Waals surface area contributed by atoms with Crippen molar-refractivity contribution in [1.29, 1.82) is 0 Å². The van der Waals surface area contributed by atoms with E-state index in [1.165, 1.54) is 63.9 Å². The van der Waals surface area contributed by atoms with Crippen molar-refractivity contribution in [2.24, 2.45) is 0 Å². The number of aromatic nitrogens is 1.